The topological polar surface area (TPSA) is 88.8 Å². The van der Waals surface area contributed by atoms with Crippen molar-refractivity contribution in [1.82, 2.24) is 5.32 Å². The minimum atomic E-state index is -1.03. The van der Waals surface area contributed by atoms with Gasteiger partial charge >= 0.3 is 12.1 Å². The summed E-state index contributed by atoms with van der Waals surface area (Å²) in [6.07, 6.45) is -0.274. The number of nitrogens with one attached hydrogen (secondary N) is 1. The molecule has 2 N–H and O–H groups in total. The first kappa shape index (κ1) is 16.6. The Kier molecular flexibility index (Phi) is 5.80. The van der Waals surface area contributed by atoms with Gasteiger partial charge < -0.3 is 19.6 Å². The molecule has 1 aromatic heterocycles. The summed E-state index contributed by atoms with van der Waals surface area (Å²) in [4.78, 5) is 22.9. The number of ether oxygens (including phenoxy) is 1. The van der Waals surface area contributed by atoms with E-state index in [0.29, 0.717) is 12.2 Å². The largest absolute Gasteiger partial charge is 0.481 e. The zero-order valence-electron chi connectivity index (χ0n) is 12.8. The van der Waals surface area contributed by atoms with E-state index in [0.717, 1.165) is 11.3 Å². The zero-order chi connectivity index (χ0) is 16.7. The van der Waals surface area contributed by atoms with Crippen LogP contribution in [0.5, 0.6) is 0 Å². The molecule has 0 radical (unpaired) electrons. The van der Waals surface area contributed by atoms with Crippen LogP contribution in [0.3, 0.4) is 0 Å². The van der Waals surface area contributed by atoms with Gasteiger partial charge in [-0.2, -0.15) is 0 Å². The standard InChI is InChI=1S/C17H19NO5/c1-2-13-8-9-15(23-13)14(10-16(19)20)18-17(21)22-11-12-6-4-3-5-7-12/h3-9,14H,2,10-11H2,1H3,(H,18,21)(H,19,20)/t14-/m0/s1. The highest BCUT2D eigenvalue weighted by Gasteiger charge is 2.22. The number of carboxylic acids is 1. The molecule has 1 amide bonds. The average Bonchev–Trinajstić information content (AvgIpc) is 3.02. The van der Waals surface area contributed by atoms with Gasteiger partial charge in [-0.25, -0.2) is 4.79 Å². The number of aliphatic carboxylic acids is 1. The number of aryl methyl sites for hydroxylation is 1. The first-order valence-corrected chi connectivity index (χ1v) is 7.36. The lowest BCUT2D eigenvalue weighted by atomic mass is 10.1. The van der Waals surface area contributed by atoms with Crippen LogP contribution >= 0.6 is 0 Å². The molecule has 1 atom stereocenters. The van der Waals surface area contributed by atoms with E-state index in [2.05, 4.69) is 5.32 Å². The van der Waals surface area contributed by atoms with Crippen molar-refractivity contribution in [1.29, 1.82) is 0 Å². The molecule has 6 nitrogen and oxygen atoms in total. The molecule has 2 aromatic rings. The van der Waals surface area contributed by atoms with E-state index >= 15 is 0 Å². The summed E-state index contributed by atoms with van der Waals surface area (Å²) in [5, 5.41) is 11.5. The van der Waals surface area contributed by atoms with Crippen LogP contribution in [-0.2, 0) is 22.6 Å². The Labute approximate surface area is 134 Å². The molecule has 0 fully saturated rings. The minimum Gasteiger partial charge on any atom is -0.481 e. The van der Waals surface area contributed by atoms with Crippen LogP contribution in [0.4, 0.5) is 4.79 Å². The van der Waals surface area contributed by atoms with Crippen molar-refractivity contribution in [2.45, 2.75) is 32.4 Å². The van der Waals surface area contributed by atoms with Crippen LogP contribution in [0, 0.1) is 0 Å². The third-order valence-corrected chi connectivity index (χ3v) is 3.26. The van der Waals surface area contributed by atoms with Crippen LogP contribution in [-0.4, -0.2) is 17.2 Å². The molecule has 0 saturated carbocycles. The average molecular weight is 317 g/mol. The molecule has 0 bridgehead atoms. The van der Waals surface area contributed by atoms with Gasteiger partial charge in [-0.1, -0.05) is 37.3 Å². The Morgan fingerprint density at radius 3 is 2.57 bits per heavy atom. The second-order valence-electron chi connectivity index (χ2n) is 5.01. The van der Waals surface area contributed by atoms with Crippen LogP contribution in [0.1, 0.15) is 36.5 Å². The predicted octanol–water partition coefficient (Wildman–Crippen LogP) is 3.28. The number of carboxylic acid groups (broad SMARTS) is 1. The van der Waals surface area contributed by atoms with Gasteiger partial charge in [0.05, 0.1) is 6.42 Å². The quantitative estimate of drug-likeness (QED) is 0.818. The van der Waals surface area contributed by atoms with E-state index in [4.69, 9.17) is 14.3 Å². The van der Waals surface area contributed by atoms with Crippen molar-refractivity contribution in [2.75, 3.05) is 0 Å². The molecular formula is C17H19NO5. The molecule has 1 heterocycles. The molecule has 6 heteroatoms. The van der Waals surface area contributed by atoms with E-state index < -0.39 is 18.1 Å². The fraction of sp³-hybridized carbons (Fsp3) is 0.294. The molecule has 2 rings (SSSR count). The molecule has 0 unspecified atom stereocenters. The van der Waals surface area contributed by atoms with Gasteiger partial charge in [-0.05, 0) is 17.7 Å². The smallest absolute Gasteiger partial charge is 0.408 e. The highest BCUT2D eigenvalue weighted by atomic mass is 16.5. The molecule has 0 spiro atoms. The molecule has 122 valence electrons. The van der Waals surface area contributed by atoms with Crippen molar-refractivity contribution < 1.29 is 23.8 Å². The van der Waals surface area contributed by atoms with Crippen molar-refractivity contribution in [3.63, 3.8) is 0 Å². The number of alkyl carbamates (subject to hydrolysis) is 1. The number of amides is 1. The van der Waals surface area contributed by atoms with Gasteiger partial charge in [0, 0.05) is 6.42 Å². The molecule has 0 aliphatic rings. The fourth-order valence-corrected chi connectivity index (χ4v) is 2.08. The maximum absolute atomic E-state index is 11.9. The summed E-state index contributed by atoms with van der Waals surface area (Å²) in [6, 6.07) is 11.9. The zero-order valence-corrected chi connectivity index (χ0v) is 12.8. The molecule has 0 aliphatic heterocycles. The lowest BCUT2D eigenvalue weighted by Crippen LogP contribution is -2.30. The van der Waals surface area contributed by atoms with Crippen LogP contribution in [0.15, 0.2) is 46.9 Å². The highest BCUT2D eigenvalue weighted by molar-refractivity contribution is 5.71. The lowest BCUT2D eigenvalue weighted by Gasteiger charge is -2.15. The van der Waals surface area contributed by atoms with Crippen molar-refractivity contribution in [3.8, 4) is 0 Å². The molecule has 1 aromatic carbocycles. The number of furan rings is 1. The second kappa shape index (κ2) is 8.03. The monoisotopic (exact) mass is 317 g/mol. The third-order valence-electron chi connectivity index (χ3n) is 3.26. The first-order valence-electron chi connectivity index (χ1n) is 7.36. The summed E-state index contributed by atoms with van der Waals surface area (Å²) in [6.45, 7) is 2.04. The van der Waals surface area contributed by atoms with Gasteiger partial charge in [0.15, 0.2) is 0 Å². The van der Waals surface area contributed by atoms with Crippen LogP contribution in [0.2, 0.25) is 0 Å². The van der Waals surface area contributed by atoms with Crippen LogP contribution < -0.4 is 5.32 Å². The minimum absolute atomic E-state index is 0.116. The van der Waals surface area contributed by atoms with E-state index in [1.54, 1.807) is 12.1 Å². The van der Waals surface area contributed by atoms with Gasteiger partial charge in [-0.15, -0.1) is 0 Å². The normalized spacial score (nSPS) is 11.7. The maximum Gasteiger partial charge on any atom is 0.408 e. The summed E-state index contributed by atoms with van der Waals surface area (Å²) in [7, 11) is 0. The Bertz CT molecular complexity index is 650. The number of carbonyl (C=O) groups excluding carboxylic acids is 1. The maximum atomic E-state index is 11.9. The predicted molar refractivity (Wildman–Crippen MR) is 82.8 cm³/mol. The SMILES string of the molecule is CCc1ccc([C@H](CC(=O)O)NC(=O)OCc2ccccc2)o1. The molecule has 0 saturated heterocycles. The van der Waals surface area contributed by atoms with E-state index in [1.807, 2.05) is 37.3 Å². The Morgan fingerprint density at radius 2 is 1.96 bits per heavy atom. The number of carbonyl (C=O) groups is 2. The van der Waals surface area contributed by atoms with Gasteiger partial charge in [0.2, 0.25) is 0 Å². The number of benzene rings is 1. The summed E-state index contributed by atoms with van der Waals surface area (Å²) >= 11 is 0. The van der Waals surface area contributed by atoms with Crippen LogP contribution in [0.25, 0.3) is 0 Å². The van der Waals surface area contributed by atoms with E-state index in [-0.39, 0.29) is 13.0 Å². The number of hydrogen-bond donors (Lipinski definition) is 2. The van der Waals surface area contributed by atoms with Crippen molar-refractivity contribution >= 4 is 12.1 Å². The van der Waals surface area contributed by atoms with Crippen molar-refractivity contribution in [2.24, 2.45) is 0 Å². The third kappa shape index (κ3) is 5.18. The lowest BCUT2D eigenvalue weighted by molar-refractivity contribution is -0.137. The number of rotatable bonds is 7. The second-order valence-corrected chi connectivity index (χ2v) is 5.01. The molecule has 0 aliphatic carbocycles. The van der Waals surface area contributed by atoms with Gasteiger partial charge in [-0.3, -0.25) is 4.79 Å². The fourth-order valence-electron chi connectivity index (χ4n) is 2.08. The Hall–Kier alpha value is -2.76. The summed E-state index contributed by atoms with van der Waals surface area (Å²) in [5.41, 5.74) is 0.851. The molecule has 23 heavy (non-hydrogen) atoms. The van der Waals surface area contributed by atoms with Gasteiger partial charge in [0.1, 0.15) is 24.2 Å². The van der Waals surface area contributed by atoms with Crippen molar-refractivity contribution in [3.05, 3.63) is 59.5 Å². The number of hydrogen-bond acceptors (Lipinski definition) is 4. The Balaban J connectivity index is 1.96. The highest BCUT2D eigenvalue weighted by Crippen LogP contribution is 2.20. The molecular weight excluding hydrogens is 298 g/mol. The van der Waals surface area contributed by atoms with E-state index in [1.165, 1.54) is 0 Å². The van der Waals surface area contributed by atoms with Gasteiger partial charge in [0.25, 0.3) is 0 Å². The van der Waals surface area contributed by atoms with E-state index in [9.17, 15) is 9.59 Å². The summed E-state index contributed by atoms with van der Waals surface area (Å²) in [5.74, 6) is 0.101. The first-order chi connectivity index (χ1) is 11.1. The summed E-state index contributed by atoms with van der Waals surface area (Å²) < 4.78 is 10.6. The Morgan fingerprint density at radius 1 is 1.22 bits per heavy atom.